The topological polar surface area (TPSA) is 119 Å². The number of ether oxygens (including phenoxy) is 3. The fourth-order valence-electron chi connectivity index (χ4n) is 5.01. The Bertz CT molecular complexity index is 1620. The van der Waals surface area contributed by atoms with E-state index in [-0.39, 0.29) is 29.3 Å². The first-order valence-corrected chi connectivity index (χ1v) is 13.5. The SMILES string of the molecule is COc1cc2c(C(=O)O)cnc(C(=O)c3cccc(OCC(=O)N4CCN(Cc5ccccc5)CC4)c3)c2cc1OC. The maximum absolute atomic E-state index is 13.6. The lowest BCUT2D eigenvalue weighted by Gasteiger charge is -2.34. The third-order valence-electron chi connectivity index (χ3n) is 7.27. The zero-order chi connectivity index (χ0) is 29.6. The fraction of sp³-hybridized carbons (Fsp3) is 0.250. The second kappa shape index (κ2) is 12.7. The molecule has 1 aromatic heterocycles. The van der Waals surface area contributed by atoms with Crippen molar-refractivity contribution in [2.75, 3.05) is 47.0 Å². The second-order valence-electron chi connectivity index (χ2n) is 9.87. The van der Waals surface area contributed by atoms with Crippen LogP contribution in [0.5, 0.6) is 17.2 Å². The first kappa shape index (κ1) is 28.6. The lowest BCUT2D eigenvalue weighted by molar-refractivity contribution is -0.135. The third-order valence-corrected chi connectivity index (χ3v) is 7.27. The van der Waals surface area contributed by atoms with Crippen molar-refractivity contribution in [3.05, 3.63) is 95.3 Å². The van der Waals surface area contributed by atoms with Crippen molar-refractivity contribution in [1.82, 2.24) is 14.8 Å². The molecule has 0 spiro atoms. The number of pyridine rings is 1. The van der Waals surface area contributed by atoms with Gasteiger partial charge in [0.25, 0.3) is 5.91 Å². The number of carboxylic acids is 1. The molecule has 3 aromatic carbocycles. The zero-order valence-electron chi connectivity index (χ0n) is 23.4. The number of benzene rings is 3. The minimum absolute atomic E-state index is 0.0533. The molecule has 10 heteroatoms. The number of rotatable bonds is 10. The van der Waals surface area contributed by atoms with Gasteiger partial charge in [-0.15, -0.1) is 0 Å². The summed E-state index contributed by atoms with van der Waals surface area (Å²) in [7, 11) is 2.89. The minimum Gasteiger partial charge on any atom is -0.493 e. The molecule has 10 nitrogen and oxygen atoms in total. The number of carboxylic acid groups (broad SMARTS) is 1. The van der Waals surface area contributed by atoms with Crippen LogP contribution in [0.15, 0.2) is 72.9 Å². The molecule has 1 aliphatic heterocycles. The van der Waals surface area contributed by atoms with Gasteiger partial charge in [-0.1, -0.05) is 42.5 Å². The number of nitrogens with zero attached hydrogens (tertiary/aromatic N) is 3. The van der Waals surface area contributed by atoms with Crippen molar-refractivity contribution in [2.24, 2.45) is 0 Å². The number of hydrogen-bond acceptors (Lipinski definition) is 8. The molecule has 1 amide bonds. The Morgan fingerprint density at radius 2 is 1.55 bits per heavy atom. The molecule has 42 heavy (non-hydrogen) atoms. The largest absolute Gasteiger partial charge is 0.493 e. The maximum Gasteiger partial charge on any atom is 0.337 e. The number of ketones is 1. The fourth-order valence-corrected chi connectivity index (χ4v) is 5.01. The van der Waals surface area contributed by atoms with Crippen LogP contribution in [0.2, 0.25) is 0 Å². The Morgan fingerprint density at radius 1 is 0.857 bits per heavy atom. The molecular weight excluding hydrogens is 538 g/mol. The molecule has 0 unspecified atom stereocenters. The van der Waals surface area contributed by atoms with E-state index in [1.165, 1.54) is 25.8 Å². The number of fused-ring (bicyclic) bond motifs is 1. The van der Waals surface area contributed by atoms with Crippen molar-refractivity contribution in [1.29, 1.82) is 0 Å². The highest BCUT2D eigenvalue weighted by Crippen LogP contribution is 2.35. The van der Waals surface area contributed by atoms with Crippen LogP contribution >= 0.6 is 0 Å². The quantitative estimate of drug-likeness (QED) is 0.284. The van der Waals surface area contributed by atoms with Crippen LogP contribution in [0.25, 0.3) is 10.8 Å². The normalized spacial score (nSPS) is 13.5. The van der Waals surface area contributed by atoms with Crippen LogP contribution in [0, 0.1) is 0 Å². The summed E-state index contributed by atoms with van der Waals surface area (Å²) in [5.41, 5.74) is 1.51. The summed E-state index contributed by atoms with van der Waals surface area (Å²) in [6.45, 7) is 3.50. The van der Waals surface area contributed by atoms with Gasteiger partial charge in [0.1, 0.15) is 11.4 Å². The van der Waals surface area contributed by atoms with Crippen molar-refractivity contribution < 1.29 is 33.7 Å². The Labute approximate surface area is 243 Å². The molecule has 1 fully saturated rings. The third kappa shape index (κ3) is 6.18. The number of carbonyl (C=O) groups is 3. The van der Waals surface area contributed by atoms with Gasteiger partial charge >= 0.3 is 5.97 Å². The van der Waals surface area contributed by atoms with Crippen LogP contribution in [-0.4, -0.2) is 84.6 Å². The Morgan fingerprint density at radius 3 is 2.21 bits per heavy atom. The minimum atomic E-state index is -1.18. The maximum atomic E-state index is 13.6. The smallest absolute Gasteiger partial charge is 0.337 e. The Balaban J connectivity index is 1.27. The van der Waals surface area contributed by atoms with Gasteiger partial charge in [0.05, 0.1) is 19.8 Å². The van der Waals surface area contributed by atoms with Crippen LogP contribution in [0.1, 0.15) is 32.0 Å². The van der Waals surface area contributed by atoms with Crippen molar-refractivity contribution in [3.8, 4) is 17.2 Å². The van der Waals surface area contributed by atoms with Crippen molar-refractivity contribution in [2.45, 2.75) is 6.54 Å². The molecular formula is C32H31N3O7. The van der Waals surface area contributed by atoms with Gasteiger partial charge in [-0.2, -0.15) is 0 Å². The molecule has 0 bridgehead atoms. The highest BCUT2D eigenvalue weighted by Gasteiger charge is 2.23. The van der Waals surface area contributed by atoms with E-state index >= 15 is 0 Å². The highest BCUT2D eigenvalue weighted by atomic mass is 16.5. The standard InChI is InChI=1S/C32H31N3O7/c1-40-27-16-24-25(17-28(27)41-2)30(33-18-26(24)32(38)39)31(37)22-9-6-10-23(15-22)42-20-29(36)35-13-11-34(12-14-35)19-21-7-4-3-5-8-21/h3-10,15-18H,11-14,19-20H2,1-2H3,(H,38,39). The van der Waals surface area contributed by atoms with Crippen LogP contribution in [0.3, 0.4) is 0 Å². The average molecular weight is 570 g/mol. The van der Waals surface area contributed by atoms with Gasteiger partial charge in [-0.3, -0.25) is 19.5 Å². The highest BCUT2D eigenvalue weighted by molar-refractivity contribution is 6.18. The van der Waals surface area contributed by atoms with Crippen LogP contribution < -0.4 is 14.2 Å². The van der Waals surface area contributed by atoms with E-state index in [4.69, 9.17) is 14.2 Å². The summed E-state index contributed by atoms with van der Waals surface area (Å²) in [6.07, 6.45) is 1.16. The zero-order valence-corrected chi connectivity index (χ0v) is 23.4. The summed E-state index contributed by atoms with van der Waals surface area (Å²) in [4.78, 5) is 46.6. The molecule has 5 rings (SSSR count). The first-order chi connectivity index (χ1) is 20.4. The number of amides is 1. The summed E-state index contributed by atoms with van der Waals surface area (Å²) < 4.78 is 16.5. The molecule has 4 aromatic rings. The summed E-state index contributed by atoms with van der Waals surface area (Å²) in [5.74, 6) is -0.715. The lowest BCUT2D eigenvalue weighted by Crippen LogP contribution is -2.49. The summed E-state index contributed by atoms with van der Waals surface area (Å²) in [5, 5.41) is 10.3. The average Bonchev–Trinajstić information content (AvgIpc) is 3.02. The predicted molar refractivity (Wildman–Crippen MR) is 155 cm³/mol. The van der Waals surface area contributed by atoms with Gasteiger partial charge in [0.15, 0.2) is 18.1 Å². The van der Waals surface area contributed by atoms with Gasteiger partial charge in [-0.05, 0) is 29.8 Å². The van der Waals surface area contributed by atoms with Gasteiger partial charge < -0.3 is 24.2 Å². The summed E-state index contributed by atoms with van der Waals surface area (Å²) in [6, 6.07) is 19.8. The Kier molecular flexibility index (Phi) is 8.63. The summed E-state index contributed by atoms with van der Waals surface area (Å²) >= 11 is 0. The van der Waals surface area contributed by atoms with Crippen LogP contribution in [-0.2, 0) is 11.3 Å². The van der Waals surface area contributed by atoms with Gasteiger partial charge in [-0.25, -0.2) is 4.79 Å². The molecule has 1 N–H and O–H groups in total. The van der Waals surface area contributed by atoms with E-state index in [0.717, 1.165) is 25.8 Å². The number of aromatic nitrogens is 1. The Hall–Kier alpha value is -4.96. The molecule has 0 saturated carbocycles. The van der Waals surface area contributed by atoms with E-state index in [2.05, 4.69) is 22.0 Å². The van der Waals surface area contributed by atoms with Gasteiger partial charge in [0, 0.05) is 55.3 Å². The second-order valence-corrected chi connectivity index (χ2v) is 9.87. The first-order valence-electron chi connectivity index (χ1n) is 13.5. The number of hydrogen-bond donors (Lipinski definition) is 1. The van der Waals surface area contributed by atoms with E-state index in [1.54, 1.807) is 35.2 Å². The molecule has 216 valence electrons. The monoisotopic (exact) mass is 569 g/mol. The van der Waals surface area contributed by atoms with E-state index in [9.17, 15) is 19.5 Å². The van der Waals surface area contributed by atoms with E-state index in [0.29, 0.717) is 41.1 Å². The van der Waals surface area contributed by atoms with Crippen LogP contribution in [0.4, 0.5) is 0 Å². The molecule has 0 aliphatic carbocycles. The van der Waals surface area contributed by atoms with E-state index in [1.807, 2.05) is 18.2 Å². The van der Waals surface area contributed by atoms with Crippen molar-refractivity contribution in [3.63, 3.8) is 0 Å². The predicted octanol–water partition coefficient (Wildman–Crippen LogP) is 3.90. The number of aromatic carboxylic acids is 1. The van der Waals surface area contributed by atoms with E-state index < -0.39 is 11.8 Å². The van der Waals surface area contributed by atoms with Crippen molar-refractivity contribution >= 4 is 28.4 Å². The molecule has 2 heterocycles. The number of piperazine rings is 1. The lowest BCUT2D eigenvalue weighted by atomic mass is 9.99. The number of carbonyl (C=O) groups excluding carboxylic acids is 2. The molecule has 1 aliphatic rings. The molecule has 1 saturated heterocycles. The molecule has 0 atom stereocenters. The molecule has 0 radical (unpaired) electrons. The van der Waals surface area contributed by atoms with Gasteiger partial charge in [0.2, 0.25) is 5.78 Å². The number of methoxy groups -OCH3 is 2.